The zero-order chi connectivity index (χ0) is 19.5. The Hall–Kier alpha value is -1.89. The Labute approximate surface area is 170 Å². The number of ether oxygens (including phenoxy) is 1. The van der Waals surface area contributed by atoms with Crippen molar-refractivity contribution in [2.75, 3.05) is 19.8 Å². The maximum atomic E-state index is 6.72. The Kier molecular flexibility index (Phi) is 4.27. The van der Waals surface area contributed by atoms with Crippen molar-refractivity contribution in [1.82, 2.24) is 24.5 Å². The van der Waals surface area contributed by atoms with Gasteiger partial charge in [0.05, 0.1) is 42.9 Å². The number of likely N-dealkylation sites (tertiary alicyclic amines) is 1. The summed E-state index contributed by atoms with van der Waals surface area (Å²) in [6.45, 7) is 7.43. The van der Waals surface area contributed by atoms with E-state index >= 15 is 0 Å². The number of benzene rings is 1. The minimum Gasteiger partial charge on any atom is -0.377 e. The van der Waals surface area contributed by atoms with Crippen LogP contribution in [0.4, 0.5) is 0 Å². The van der Waals surface area contributed by atoms with Crippen LogP contribution >= 0.6 is 11.6 Å². The van der Waals surface area contributed by atoms with Crippen molar-refractivity contribution in [1.29, 1.82) is 0 Å². The molecule has 7 heteroatoms. The summed E-state index contributed by atoms with van der Waals surface area (Å²) in [7, 11) is 1.92. The lowest BCUT2D eigenvalue weighted by Gasteiger charge is -2.53. The molecule has 0 unspecified atom stereocenters. The van der Waals surface area contributed by atoms with Crippen LogP contribution in [0.25, 0.3) is 16.6 Å². The predicted molar refractivity (Wildman–Crippen MR) is 110 cm³/mol. The highest BCUT2D eigenvalue weighted by Crippen LogP contribution is 2.40. The number of piperidine rings is 1. The Morgan fingerprint density at radius 1 is 1.21 bits per heavy atom. The molecule has 0 amide bonds. The summed E-state index contributed by atoms with van der Waals surface area (Å²) in [5.41, 5.74) is 3.49. The Bertz CT molecular complexity index is 1020. The van der Waals surface area contributed by atoms with Gasteiger partial charge in [-0.1, -0.05) is 11.6 Å². The molecule has 0 aliphatic carbocycles. The zero-order valence-electron chi connectivity index (χ0n) is 16.6. The molecule has 148 valence electrons. The molecule has 3 aromatic rings. The SMILES string of the molecule is C[C@H]1C[C@H](c2cc3c(cnn3-c3cnn(C)c3)cc2Cl)CCN1C1(C)COC1. The minimum absolute atomic E-state index is 0.205. The molecule has 2 saturated heterocycles. The molecule has 4 heterocycles. The maximum Gasteiger partial charge on any atom is 0.103 e. The van der Waals surface area contributed by atoms with Crippen molar-refractivity contribution in [2.24, 2.45) is 7.05 Å². The minimum atomic E-state index is 0.205. The van der Waals surface area contributed by atoms with Gasteiger partial charge in [0.25, 0.3) is 0 Å². The van der Waals surface area contributed by atoms with Crippen molar-refractivity contribution >= 4 is 22.5 Å². The molecule has 28 heavy (non-hydrogen) atoms. The molecule has 2 aliphatic heterocycles. The summed E-state index contributed by atoms with van der Waals surface area (Å²) in [6, 6.07) is 4.81. The van der Waals surface area contributed by atoms with Crippen LogP contribution in [-0.2, 0) is 11.8 Å². The molecule has 2 atom stereocenters. The first kappa shape index (κ1) is 18.2. The van der Waals surface area contributed by atoms with E-state index in [1.807, 2.05) is 30.3 Å². The monoisotopic (exact) mass is 399 g/mol. The second-order valence-electron chi connectivity index (χ2n) is 8.61. The first-order chi connectivity index (χ1) is 13.4. The Morgan fingerprint density at radius 3 is 2.68 bits per heavy atom. The van der Waals surface area contributed by atoms with E-state index < -0.39 is 0 Å². The summed E-state index contributed by atoms with van der Waals surface area (Å²) in [5.74, 6) is 0.463. The van der Waals surface area contributed by atoms with E-state index in [0.717, 1.165) is 54.2 Å². The van der Waals surface area contributed by atoms with Gasteiger partial charge in [-0.05, 0) is 56.8 Å². The third-order valence-electron chi connectivity index (χ3n) is 6.46. The quantitative estimate of drug-likeness (QED) is 0.672. The van der Waals surface area contributed by atoms with E-state index in [-0.39, 0.29) is 5.54 Å². The second kappa shape index (κ2) is 6.58. The molecule has 2 fully saturated rings. The summed E-state index contributed by atoms with van der Waals surface area (Å²) in [6.07, 6.45) is 7.92. The van der Waals surface area contributed by atoms with Gasteiger partial charge in [0, 0.05) is 23.5 Å². The van der Waals surface area contributed by atoms with Crippen LogP contribution in [0.1, 0.15) is 38.2 Å². The molecule has 5 rings (SSSR count). The number of rotatable bonds is 3. The predicted octanol–water partition coefficient (Wildman–Crippen LogP) is 3.77. The van der Waals surface area contributed by atoms with E-state index in [9.17, 15) is 0 Å². The van der Waals surface area contributed by atoms with Crippen LogP contribution in [0.5, 0.6) is 0 Å². The molecule has 2 aliphatic rings. The van der Waals surface area contributed by atoms with Gasteiger partial charge in [0.1, 0.15) is 5.69 Å². The highest BCUT2D eigenvalue weighted by Gasteiger charge is 2.44. The number of hydrogen-bond donors (Lipinski definition) is 0. The van der Waals surface area contributed by atoms with Crippen molar-refractivity contribution < 1.29 is 4.74 Å². The molecule has 0 N–H and O–H groups in total. The lowest BCUT2D eigenvalue weighted by atomic mass is 9.82. The maximum absolute atomic E-state index is 6.72. The number of hydrogen-bond acceptors (Lipinski definition) is 4. The molecule has 6 nitrogen and oxygen atoms in total. The fourth-order valence-electron chi connectivity index (χ4n) is 4.92. The van der Waals surface area contributed by atoms with E-state index in [1.165, 1.54) is 5.56 Å². The highest BCUT2D eigenvalue weighted by atomic mass is 35.5. The van der Waals surface area contributed by atoms with Crippen LogP contribution < -0.4 is 0 Å². The van der Waals surface area contributed by atoms with Crippen LogP contribution in [0.15, 0.2) is 30.7 Å². The molecule has 0 spiro atoms. The van der Waals surface area contributed by atoms with E-state index in [0.29, 0.717) is 12.0 Å². The van der Waals surface area contributed by atoms with Gasteiger partial charge >= 0.3 is 0 Å². The standard InChI is InChI=1S/C21H26ClN5O/c1-14-6-15(4-5-26(14)21(2)12-28-13-21)18-8-20-16(7-19(18)22)9-24-27(20)17-10-23-25(3)11-17/h7-11,14-15H,4-6,12-13H2,1-3H3/t14-,15+/m0/s1. The van der Waals surface area contributed by atoms with Crippen LogP contribution in [-0.4, -0.2) is 55.8 Å². The number of aromatic nitrogens is 4. The molecular formula is C21H26ClN5O. The molecule has 0 radical (unpaired) electrons. The van der Waals surface area contributed by atoms with Gasteiger partial charge in [0.15, 0.2) is 0 Å². The van der Waals surface area contributed by atoms with Gasteiger partial charge in [-0.2, -0.15) is 10.2 Å². The van der Waals surface area contributed by atoms with Crippen molar-refractivity contribution in [3.63, 3.8) is 0 Å². The van der Waals surface area contributed by atoms with Crippen molar-refractivity contribution in [2.45, 2.75) is 44.2 Å². The first-order valence-corrected chi connectivity index (χ1v) is 10.3. The highest BCUT2D eigenvalue weighted by molar-refractivity contribution is 6.32. The summed E-state index contributed by atoms with van der Waals surface area (Å²) in [5, 5.41) is 10.8. The van der Waals surface area contributed by atoms with Crippen LogP contribution in [0.3, 0.4) is 0 Å². The average Bonchev–Trinajstić information content (AvgIpc) is 3.24. The lowest BCUT2D eigenvalue weighted by molar-refractivity contribution is -0.149. The number of nitrogens with zero attached hydrogens (tertiary/aromatic N) is 5. The van der Waals surface area contributed by atoms with E-state index in [4.69, 9.17) is 16.3 Å². The van der Waals surface area contributed by atoms with E-state index in [2.05, 4.69) is 41.1 Å². The summed E-state index contributed by atoms with van der Waals surface area (Å²) in [4.78, 5) is 2.62. The fourth-order valence-corrected chi connectivity index (χ4v) is 5.24. The molecular weight excluding hydrogens is 374 g/mol. The lowest BCUT2D eigenvalue weighted by Crippen LogP contribution is -2.64. The second-order valence-corrected chi connectivity index (χ2v) is 9.02. The third-order valence-corrected chi connectivity index (χ3v) is 6.79. The van der Waals surface area contributed by atoms with Crippen molar-refractivity contribution in [3.8, 4) is 5.69 Å². The van der Waals surface area contributed by atoms with Crippen LogP contribution in [0, 0.1) is 0 Å². The summed E-state index contributed by atoms with van der Waals surface area (Å²) >= 11 is 6.72. The molecule has 0 bridgehead atoms. The fraction of sp³-hybridized carbons (Fsp3) is 0.524. The Balaban J connectivity index is 1.46. The smallest absolute Gasteiger partial charge is 0.103 e. The van der Waals surface area contributed by atoms with Gasteiger partial charge in [-0.3, -0.25) is 9.58 Å². The zero-order valence-corrected chi connectivity index (χ0v) is 17.4. The number of aryl methyl sites for hydroxylation is 1. The molecule has 2 aromatic heterocycles. The Morgan fingerprint density at radius 2 is 2.04 bits per heavy atom. The van der Waals surface area contributed by atoms with Gasteiger partial charge < -0.3 is 4.74 Å². The van der Waals surface area contributed by atoms with Gasteiger partial charge in [-0.25, -0.2) is 4.68 Å². The largest absolute Gasteiger partial charge is 0.377 e. The average molecular weight is 400 g/mol. The normalized spacial score (nSPS) is 25.1. The van der Waals surface area contributed by atoms with Crippen LogP contribution in [0.2, 0.25) is 5.02 Å². The molecule has 1 aromatic carbocycles. The number of halogens is 1. The van der Waals surface area contributed by atoms with Gasteiger partial charge in [0.2, 0.25) is 0 Å². The topological polar surface area (TPSA) is 48.1 Å². The third kappa shape index (κ3) is 2.86. The number of fused-ring (bicyclic) bond motifs is 1. The van der Waals surface area contributed by atoms with Gasteiger partial charge in [-0.15, -0.1) is 0 Å². The first-order valence-electron chi connectivity index (χ1n) is 9.95. The van der Waals surface area contributed by atoms with E-state index in [1.54, 1.807) is 4.68 Å². The van der Waals surface area contributed by atoms with Crippen molar-refractivity contribution in [3.05, 3.63) is 41.3 Å². The summed E-state index contributed by atoms with van der Waals surface area (Å²) < 4.78 is 9.23. The molecule has 0 saturated carbocycles.